The lowest BCUT2D eigenvalue weighted by atomic mass is 9.90. The van der Waals surface area contributed by atoms with Crippen molar-refractivity contribution in [3.8, 4) is 11.5 Å². The second-order valence-electron chi connectivity index (χ2n) is 8.10. The fraction of sp³-hybridized carbons (Fsp3) is 0.455. The van der Waals surface area contributed by atoms with Crippen molar-refractivity contribution in [1.29, 1.82) is 0 Å². The van der Waals surface area contributed by atoms with Gasteiger partial charge in [-0.15, -0.1) is 0 Å². The zero-order chi connectivity index (χ0) is 25.3. The van der Waals surface area contributed by atoms with Gasteiger partial charge in [-0.2, -0.15) is 0 Å². The molecule has 0 amide bonds. The predicted octanol–water partition coefficient (Wildman–Crippen LogP) is -0.954. The topological polar surface area (TPSA) is 214 Å². The van der Waals surface area contributed by atoms with Crippen LogP contribution in [-0.4, -0.2) is 96.2 Å². The smallest absolute Gasteiger partial charge is 0.339 e. The van der Waals surface area contributed by atoms with Crippen LogP contribution in [0.5, 0.6) is 11.5 Å². The molecule has 2 aromatic carbocycles. The van der Waals surface area contributed by atoms with E-state index in [9.17, 15) is 50.4 Å². The van der Waals surface area contributed by atoms with Crippen LogP contribution in [0.3, 0.4) is 0 Å². The Bertz CT molecular complexity index is 1070. The molecule has 1 fully saturated rings. The van der Waals surface area contributed by atoms with Crippen LogP contribution in [0.4, 0.5) is 0 Å². The Morgan fingerprint density at radius 1 is 1.06 bits per heavy atom. The average Bonchev–Trinajstić information content (AvgIpc) is 2.80. The number of ether oxygens (including phenoxy) is 2. The van der Waals surface area contributed by atoms with Gasteiger partial charge >= 0.3 is 11.9 Å². The van der Waals surface area contributed by atoms with Crippen LogP contribution in [0.2, 0.25) is 0 Å². The summed E-state index contributed by atoms with van der Waals surface area (Å²) in [5.41, 5.74) is -0.934. The summed E-state index contributed by atoms with van der Waals surface area (Å²) in [6.45, 7) is 0.482. The number of aliphatic carboxylic acids is 1. The Hall–Kier alpha value is -3.00. The minimum absolute atomic E-state index is 0.0454. The standard InChI is InChI=1S/C22H26O12/c1-8(20(29)30)12(24)6-11-14(21(31)32)15(25)9-4-2-3-5-10(9)19(11)34-22-18(28)17(27)16(26)13(7-23)33-22/h2-5,8,12-13,16-18,22-28H,6-7H2,1H3,(H,29,30)(H,31,32)/t8-,12-,13+,16+,17-,18+,22-/m0/s1. The molecule has 1 saturated heterocycles. The Morgan fingerprint density at radius 2 is 1.68 bits per heavy atom. The molecule has 12 heteroatoms. The van der Waals surface area contributed by atoms with E-state index in [4.69, 9.17) is 9.47 Å². The highest BCUT2D eigenvalue weighted by Gasteiger charge is 2.45. The van der Waals surface area contributed by atoms with Gasteiger partial charge in [0.2, 0.25) is 6.29 Å². The first-order valence-corrected chi connectivity index (χ1v) is 10.4. The molecule has 34 heavy (non-hydrogen) atoms. The number of phenols is 1. The van der Waals surface area contributed by atoms with E-state index >= 15 is 0 Å². The molecule has 1 aliphatic heterocycles. The van der Waals surface area contributed by atoms with Gasteiger partial charge in [0.1, 0.15) is 41.5 Å². The van der Waals surface area contributed by atoms with Crippen LogP contribution in [0.15, 0.2) is 24.3 Å². The highest BCUT2D eigenvalue weighted by molar-refractivity contribution is 6.05. The van der Waals surface area contributed by atoms with Crippen molar-refractivity contribution < 1.29 is 59.9 Å². The third-order valence-electron chi connectivity index (χ3n) is 5.92. The van der Waals surface area contributed by atoms with Crippen molar-refractivity contribution in [2.45, 2.75) is 50.2 Å². The molecule has 0 radical (unpaired) electrons. The van der Waals surface area contributed by atoms with Gasteiger partial charge in [0.25, 0.3) is 0 Å². The lowest BCUT2D eigenvalue weighted by Crippen LogP contribution is -2.60. The van der Waals surface area contributed by atoms with E-state index in [1.165, 1.54) is 25.1 Å². The monoisotopic (exact) mass is 482 g/mol. The number of aliphatic hydroxyl groups excluding tert-OH is 5. The van der Waals surface area contributed by atoms with Gasteiger partial charge in [0, 0.05) is 22.8 Å². The Kier molecular flexibility index (Phi) is 7.60. The van der Waals surface area contributed by atoms with Crippen LogP contribution in [0.1, 0.15) is 22.8 Å². The van der Waals surface area contributed by atoms with Crippen molar-refractivity contribution in [3.05, 3.63) is 35.4 Å². The molecule has 7 atom stereocenters. The maximum absolute atomic E-state index is 12.1. The number of benzene rings is 2. The highest BCUT2D eigenvalue weighted by Crippen LogP contribution is 2.42. The molecule has 0 saturated carbocycles. The number of aromatic hydroxyl groups is 1. The number of carbonyl (C=O) groups is 2. The van der Waals surface area contributed by atoms with Crippen molar-refractivity contribution in [2.24, 2.45) is 5.92 Å². The van der Waals surface area contributed by atoms with Gasteiger partial charge in [-0.05, 0) is 6.92 Å². The van der Waals surface area contributed by atoms with E-state index in [-0.39, 0.29) is 22.1 Å². The molecule has 0 bridgehead atoms. The number of hydrogen-bond acceptors (Lipinski definition) is 10. The second-order valence-corrected chi connectivity index (χ2v) is 8.10. The molecule has 186 valence electrons. The molecular formula is C22H26O12. The summed E-state index contributed by atoms with van der Waals surface area (Å²) in [5, 5.41) is 80.3. The largest absolute Gasteiger partial charge is 0.506 e. The molecule has 8 N–H and O–H groups in total. The first-order chi connectivity index (χ1) is 16.0. The zero-order valence-electron chi connectivity index (χ0n) is 18.0. The lowest BCUT2D eigenvalue weighted by Gasteiger charge is -2.40. The van der Waals surface area contributed by atoms with Crippen molar-refractivity contribution in [3.63, 3.8) is 0 Å². The Labute approximate surface area is 192 Å². The summed E-state index contributed by atoms with van der Waals surface area (Å²) in [7, 11) is 0. The van der Waals surface area contributed by atoms with E-state index in [1.54, 1.807) is 6.07 Å². The Morgan fingerprint density at radius 3 is 2.24 bits per heavy atom. The summed E-state index contributed by atoms with van der Waals surface area (Å²) in [5.74, 6) is -5.14. The molecule has 0 aromatic heterocycles. The fourth-order valence-electron chi connectivity index (χ4n) is 3.83. The molecule has 0 unspecified atom stereocenters. The number of carboxylic acids is 2. The van der Waals surface area contributed by atoms with E-state index < -0.39 is 79.0 Å². The fourth-order valence-corrected chi connectivity index (χ4v) is 3.83. The Balaban J connectivity index is 2.19. The maximum Gasteiger partial charge on any atom is 0.339 e. The van der Waals surface area contributed by atoms with Crippen LogP contribution in [-0.2, 0) is 16.0 Å². The number of rotatable bonds is 8. The molecule has 1 heterocycles. The van der Waals surface area contributed by atoms with Gasteiger partial charge in [0.05, 0.1) is 18.6 Å². The minimum Gasteiger partial charge on any atom is -0.506 e. The summed E-state index contributed by atoms with van der Waals surface area (Å²) >= 11 is 0. The highest BCUT2D eigenvalue weighted by atomic mass is 16.7. The van der Waals surface area contributed by atoms with Crippen molar-refractivity contribution in [2.75, 3.05) is 6.61 Å². The summed E-state index contributed by atoms with van der Waals surface area (Å²) in [6, 6.07) is 5.92. The van der Waals surface area contributed by atoms with Crippen LogP contribution >= 0.6 is 0 Å². The number of hydrogen-bond donors (Lipinski definition) is 8. The summed E-state index contributed by atoms with van der Waals surface area (Å²) < 4.78 is 11.1. The van der Waals surface area contributed by atoms with Gasteiger partial charge in [-0.25, -0.2) is 4.79 Å². The number of aromatic carboxylic acids is 1. The summed E-state index contributed by atoms with van der Waals surface area (Å²) in [4.78, 5) is 23.4. The SMILES string of the molecule is C[C@H](C(=O)O)[C@@H](O)Cc1c(C(=O)O)c(O)c2ccccc2c1O[C@@H]1O[C@H](CO)[C@@H](O)[C@H](O)[C@H]1O. The quantitative estimate of drug-likeness (QED) is 0.228. The van der Waals surface area contributed by atoms with Gasteiger partial charge in [-0.3, -0.25) is 4.79 Å². The van der Waals surface area contributed by atoms with Gasteiger partial charge in [0.15, 0.2) is 0 Å². The van der Waals surface area contributed by atoms with Crippen LogP contribution < -0.4 is 4.74 Å². The molecular weight excluding hydrogens is 456 g/mol. The molecule has 12 nitrogen and oxygen atoms in total. The number of aliphatic hydroxyl groups is 5. The first-order valence-electron chi connectivity index (χ1n) is 10.4. The van der Waals surface area contributed by atoms with Gasteiger partial charge < -0.3 is 50.3 Å². The average molecular weight is 482 g/mol. The van der Waals surface area contributed by atoms with Crippen LogP contribution in [0, 0.1) is 5.92 Å². The molecule has 0 aliphatic carbocycles. The third kappa shape index (κ3) is 4.64. The number of carboxylic acid groups (broad SMARTS) is 2. The van der Waals surface area contributed by atoms with E-state index in [2.05, 4.69) is 0 Å². The molecule has 1 aliphatic rings. The maximum atomic E-state index is 12.1. The van der Waals surface area contributed by atoms with E-state index in [0.29, 0.717) is 0 Å². The molecule has 2 aromatic rings. The lowest BCUT2D eigenvalue weighted by molar-refractivity contribution is -0.277. The van der Waals surface area contributed by atoms with Gasteiger partial charge in [-0.1, -0.05) is 24.3 Å². The van der Waals surface area contributed by atoms with Crippen molar-refractivity contribution >= 4 is 22.7 Å². The molecule has 0 spiro atoms. The first kappa shape index (κ1) is 25.6. The number of fused-ring (bicyclic) bond motifs is 1. The normalized spacial score (nSPS) is 26.7. The van der Waals surface area contributed by atoms with Crippen LogP contribution in [0.25, 0.3) is 10.8 Å². The van der Waals surface area contributed by atoms with Crippen molar-refractivity contribution in [1.82, 2.24) is 0 Å². The van der Waals surface area contributed by atoms with E-state index in [1.807, 2.05) is 0 Å². The zero-order valence-corrected chi connectivity index (χ0v) is 18.0. The minimum atomic E-state index is -1.82. The van der Waals surface area contributed by atoms with E-state index in [0.717, 1.165) is 0 Å². The second kappa shape index (κ2) is 10.1. The molecule has 3 rings (SSSR count). The summed E-state index contributed by atoms with van der Waals surface area (Å²) in [6.07, 6.45) is -10.4. The third-order valence-corrected chi connectivity index (χ3v) is 5.92. The predicted molar refractivity (Wildman–Crippen MR) is 113 cm³/mol.